The summed E-state index contributed by atoms with van der Waals surface area (Å²) in [4.78, 5) is 12.7. The summed E-state index contributed by atoms with van der Waals surface area (Å²) in [6.07, 6.45) is 3.44. The first-order valence-electron chi connectivity index (χ1n) is 7.05. The van der Waals surface area contributed by atoms with E-state index in [0.717, 1.165) is 0 Å². The molecule has 5 nitrogen and oxygen atoms in total. The van der Waals surface area contributed by atoms with E-state index in [-0.39, 0.29) is 37.8 Å². The zero-order valence-electron chi connectivity index (χ0n) is 12.8. The number of anilines is 1. The predicted octanol–water partition coefficient (Wildman–Crippen LogP) is 5.46. The number of benzene rings is 1. The number of rotatable bonds is 3. The third-order valence-corrected chi connectivity index (χ3v) is 4.54. The second-order valence-electron chi connectivity index (χ2n) is 5.12. The molecule has 2 heterocycles. The monoisotopic (exact) mass is 393 g/mol. The van der Waals surface area contributed by atoms with Gasteiger partial charge in [-0.1, -0.05) is 34.8 Å². The fraction of sp³-hybridized carbons (Fsp3) is 0.0588. The van der Waals surface area contributed by atoms with Gasteiger partial charge in [-0.05, 0) is 31.2 Å². The molecule has 0 radical (unpaired) electrons. The normalized spacial score (nSPS) is 10.5. The highest BCUT2D eigenvalue weighted by molar-refractivity contribution is 6.44. The minimum atomic E-state index is -0.531. The van der Waals surface area contributed by atoms with Crippen molar-refractivity contribution < 1.29 is 9.21 Å². The van der Waals surface area contributed by atoms with E-state index in [9.17, 15) is 10.1 Å². The van der Waals surface area contributed by atoms with Gasteiger partial charge in [0, 0.05) is 12.4 Å². The first-order chi connectivity index (χ1) is 11.9. The zero-order chi connectivity index (χ0) is 18.1. The van der Waals surface area contributed by atoms with Crippen LogP contribution in [-0.4, -0.2) is 10.5 Å². The Labute approximate surface area is 158 Å². The Morgan fingerprint density at radius 2 is 1.80 bits per heavy atom. The quantitative estimate of drug-likeness (QED) is 0.599. The maximum absolute atomic E-state index is 12.7. The number of hydrogen-bond donors (Lipinski definition) is 1. The third-order valence-electron chi connectivity index (χ3n) is 3.50. The first kappa shape index (κ1) is 17.4. The number of amides is 1. The van der Waals surface area contributed by atoms with Crippen molar-refractivity contribution in [3.63, 3.8) is 0 Å². The molecular weight excluding hydrogens is 385 g/mol. The van der Waals surface area contributed by atoms with Crippen LogP contribution in [0.15, 0.2) is 41.1 Å². The van der Waals surface area contributed by atoms with Gasteiger partial charge in [0.05, 0.1) is 20.8 Å². The summed E-state index contributed by atoms with van der Waals surface area (Å²) in [5, 5.41) is 12.9. The molecule has 0 saturated carbocycles. The van der Waals surface area contributed by atoms with Gasteiger partial charge in [-0.15, -0.1) is 0 Å². The van der Waals surface area contributed by atoms with Crippen LogP contribution in [0.4, 0.5) is 5.69 Å². The van der Waals surface area contributed by atoms with Crippen LogP contribution in [0.1, 0.15) is 21.7 Å². The first-order valence-corrected chi connectivity index (χ1v) is 8.18. The molecule has 25 heavy (non-hydrogen) atoms. The fourth-order valence-electron chi connectivity index (χ4n) is 2.36. The molecule has 0 bridgehead atoms. The summed E-state index contributed by atoms with van der Waals surface area (Å²) in [5.41, 5.74) is 0.545. The van der Waals surface area contributed by atoms with Crippen LogP contribution in [0.3, 0.4) is 0 Å². The van der Waals surface area contributed by atoms with Crippen molar-refractivity contribution in [1.82, 2.24) is 4.57 Å². The van der Waals surface area contributed by atoms with Gasteiger partial charge < -0.3 is 9.73 Å². The van der Waals surface area contributed by atoms with Crippen LogP contribution in [0.25, 0.3) is 5.88 Å². The molecule has 0 aliphatic carbocycles. The lowest BCUT2D eigenvalue weighted by Gasteiger charge is -2.08. The van der Waals surface area contributed by atoms with Crippen LogP contribution in [0, 0.1) is 18.3 Å². The number of furan rings is 1. The van der Waals surface area contributed by atoms with Crippen LogP contribution in [0.2, 0.25) is 15.1 Å². The Bertz CT molecular complexity index is 1000. The minimum absolute atomic E-state index is 0.127. The number of halogens is 3. The van der Waals surface area contributed by atoms with Crippen LogP contribution in [0.5, 0.6) is 0 Å². The molecule has 0 aliphatic heterocycles. The Morgan fingerprint density at radius 3 is 2.44 bits per heavy atom. The van der Waals surface area contributed by atoms with Crippen LogP contribution in [-0.2, 0) is 0 Å². The molecule has 0 fully saturated rings. The van der Waals surface area contributed by atoms with E-state index in [1.54, 1.807) is 36.0 Å². The minimum Gasteiger partial charge on any atom is -0.443 e. The average molecular weight is 395 g/mol. The second-order valence-corrected chi connectivity index (χ2v) is 6.34. The molecule has 1 aromatic carbocycles. The summed E-state index contributed by atoms with van der Waals surface area (Å²) < 4.78 is 7.23. The lowest BCUT2D eigenvalue weighted by atomic mass is 10.1. The van der Waals surface area contributed by atoms with Gasteiger partial charge in [-0.2, -0.15) is 5.26 Å². The molecule has 1 N–H and O–H groups in total. The van der Waals surface area contributed by atoms with Gasteiger partial charge in [0.1, 0.15) is 23.0 Å². The maximum Gasteiger partial charge on any atom is 0.260 e. The van der Waals surface area contributed by atoms with Crippen molar-refractivity contribution in [2.45, 2.75) is 6.92 Å². The molecule has 0 atom stereocenters. The Balaban J connectivity index is 2.01. The highest BCUT2D eigenvalue weighted by atomic mass is 35.5. The summed E-state index contributed by atoms with van der Waals surface area (Å²) in [5.74, 6) is 0.0563. The molecule has 126 valence electrons. The van der Waals surface area contributed by atoms with E-state index in [2.05, 4.69) is 5.32 Å². The lowest BCUT2D eigenvalue weighted by Crippen LogP contribution is -2.14. The molecule has 1 amide bonds. The van der Waals surface area contributed by atoms with Crippen molar-refractivity contribution >= 4 is 46.4 Å². The molecule has 3 aromatic rings. The SMILES string of the molecule is Cc1oc(-n2cccc2)c(C#N)c1C(=O)Nc1cc(Cl)c(Cl)cc1Cl. The summed E-state index contributed by atoms with van der Waals surface area (Å²) in [6.45, 7) is 1.61. The van der Waals surface area contributed by atoms with Gasteiger partial charge >= 0.3 is 0 Å². The Morgan fingerprint density at radius 1 is 1.16 bits per heavy atom. The molecule has 8 heteroatoms. The van der Waals surface area contributed by atoms with Crippen molar-refractivity contribution in [2.75, 3.05) is 5.32 Å². The van der Waals surface area contributed by atoms with E-state index < -0.39 is 5.91 Å². The predicted molar refractivity (Wildman–Crippen MR) is 96.9 cm³/mol. The van der Waals surface area contributed by atoms with Gasteiger partial charge in [0.25, 0.3) is 5.91 Å². The van der Waals surface area contributed by atoms with Gasteiger partial charge in [0.2, 0.25) is 5.88 Å². The molecule has 2 aromatic heterocycles. The highest BCUT2D eigenvalue weighted by Gasteiger charge is 2.25. The number of carbonyl (C=O) groups is 1. The smallest absolute Gasteiger partial charge is 0.260 e. The molecule has 0 spiro atoms. The number of hydrogen-bond acceptors (Lipinski definition) is 3. The van der Waals surface area contributed by atoms with Crippen molar-refractivity contribution in [1.29, 1.82) is 5.26 Å². The number of nitrogens with one attached hydrogen (secondary N) is 1. The molecule has 0 unspecified atom stereocenters. The lowest BCUT2D eigenvalue weighted by molar-refractivity contribution is 0.102. The van der Waals surface area contributed by atoms with Crippen molar-refractivity contribution in [3.8, 4) is 12.0 Å². The largest absolute Gasteiger partial charge is 0.443 e. The fourth-order valence-corrected chi connectivity index (χ4v) is 2.96. The van der Waals surface area contributed by atoms with Gasteiger partial charge in [-0.3, -0.25) is 9.36 Å². The molecule has 0 aliphatic rings. The number of nitriles is 1. The standard InChI is InChI=1S/C17H10Cl3N3O2/c1-9-15(10(8-21)17(25-9)23-4-2-3-5-23)16(24)22-14-7-12(19)11(18)6-13(14)20/h2-7H,1H3,(H,22,24). The Hall–Kier alpha value is -2.39. The van der Waals surface area contributed by atoms with Crippen LogP contribution < -0.4 is 5.32 Å². The molecule has 0 saturated heterocycles. The maximum atomic E-state index is 12.7. The van der Waals surface area contributed by atoms with Crippen LogP contribution >= 0.6 is 34.8 Å². The molecule has 3 rings (SSSR count). The van der Waals surface area contributed by atoms with Gasteiger partial charge in [-0.25, -0.2) is 0 Å². The van der Waals surface area contributed by atoms with E-state index in [0.29, 0.717) is 5.76 Å². The van der Waals surface area contributed by atoms with E-state index in [1.165, 1.54) is 12.1 Å². The second kappa shape index (κ2) is 6.85. The topological polar surface area (TPSA) is 71.0 Å². The summed E-state index contributed by atoms with van der Waals surface area (Å²) >= 11 is 17.9. The highest BCUT2D eigenvalue weighted by Crippen LogP contribution is 2.33. The zero-order valence-corrected chi connectivity index (χ0v) is 15.1. The average Bonchev–Trinajstić information content (AvgIpc) is 3.19. The summed E-state index contributed by atoms with van der Waals surface area (Å²) in [6, 6.07) is 8.46. The van der Waals surface area contributed by atoms with Crippen molar-refractivity contribution in [3.05, 3.63) is 68.6 Å². The van der Waals surface area contributed by atoms with E-state index >= 15 is 0 Å². The number of aryl methyl sites for hydroxylation is 1. The molecular formula is C17H10Cl3N3O2. The van der Waals surface area contributed by atoms with E-state index in [4.69, 9.17) is 39.2 Å². The Kier molecular flexibility index (Phi) is 4.78. The number of carbonyl (C=O) groups excluding carboxylic acids is 1. The summed E-state index contributed by atoms with van der Waals surface area (Å²) in [7, 11) is 0. The number of nitrogens with zero attached hydrogens (tertiary/aromatic N) is 2. The van der Waals surface area contributed by atoms with Crippen molar-refractivity contribution in [2.24, 2.45) is 0 Å². The van der Waals surface area contributed by atoms with E-state index in [1.807, 2.05) is 6.07 Å². The number of aromatic nitrogens is 1. The van der Waals surface area contributed by atoms with Gasteiger partial charge in [0.15, 0.2) is 0 Å². The third kappa shape index (κ3) is 3.24.